The number of anilines is 1. The second kappa shape index (κ2) is 9.22. The fourth-order valence-corrected chi connectivity index (χ4v) is 4.69. The number of amides is 1. The molecular formula is C28H24N2O6. The van der Waals surface area contributed by atoms with Gasteiger partial charge in [0.15, 0.2) is 17.3 Å². The summed E-state index contributed by atoms with van der Waals surface area (Å²) in [6, 6.07) is 19.1. The Morgan fingerprint density at radius 1 is 1.08 bits per heavy atom. The molecule has 0 bridgehead atoms. The molecule has 2 aliphatic heterocycles. The van der Waals surface area contributed by atoms with Gasteiger partial charge in [0.1, 0.15) is 24.0 Å². The van der Waals surface area contributed by atoms with Crippen LogP contribution in [0.4, 0.5) is 5.69 Å². The minimum absolute atomic E-state index is 0.273. The summed E-state index contributed by atoms with van der Waals surface area (Å²) in [5, 5.41) is 7.17. The molecule has 0 saturated carbocycles. The topological polar surface area (TPSA) is 95.5 Å². The number of Topliss-reactive ketones (excluding diaryl/α,β-unsaturated/α-hetero) is 1. The number of methoxy groups -OCH3 is 2. The SMILES string of the molecule is C=CCOc1ccc(C(=O)[C@@H]2C(c3cccc(OC)c3OC)=NO[C@]23C(=O)Nc2ccccc23)cc1. The molecule has 0 aliphatic carbocycles. The number of fused-ring (bicyclic) bond motifs is 2. The summed E-state index contributed by atoms with van der Waals surface area (Å²) in [5.41, 5.74) is 0.588. The first-order chi connectivity index (χ1) is 17.5. The second-order valence-electron chi connectivity index (χ2n) is 8.27. The van der Waals surface area contributed by atoms with Gasteiger partial charge in [0.05, 0.1) is 14.2 Å². The maximum Gasteiger partial charge on any atom is 0.277 e. The van der Waals surface area contributed by atoms with Gasteiger partial charge in [0.25, 0.3) is 11.5 Å². The first-order valence-electron chi connectivity index (χ1n) is 11.3. The highest BCUT2D eigenvalue weighted by molar-refractivity contribution is 6.25. The molecule has 3 aromatic rings. The number of hydrogen-bond acceptors (Lipinski definition) is 7. The molecule has 2 atom stereocenters. The third-order valence-electron chi connectivity index (χ3n) is 6.33. The van der Waals surface area contributed by atoms with Gasteiger partial charge in [-0.05, 0) is 42.5 Å². The lowest BCUT2D eigenvalue weighted by Gasteiger charge is -2.27. The van der Waals surface area contributed by atoms with Crippen molar-refractivity contribution >= 4 is 23.1 Å². The van der Waals surface area contributed by atoms with E-state index in [-0.39, 0.29) is 11.5 Å². The Labute approximate surface area is 208 Å². The number of carbonyl (C=O) groups excluding carboxylic acids is 2. The van der Waals surface area contributed by atoms with Crippen LogP contribution in [-0.2, 0) is 15.2 Å². The molecule has 0 radical (unpaired) electrons. The summed E-state index contributed by atoms with van der Waals surface area (Å²) in [6.45, 7) is 3.98. The van der Waals surface area contributed by atoms with Crippen LogP contribution in [0, 0.1) is 5.92 Å². The maximum absolute atomic E-state index is 14.2. The summed E-state index contributed by atoms with van der Waals surface area (Å²) in [7, 11) is 3.03. The Morgan fingerprint density at radius 3 is 2.58 bits per heavy atom. The zero-order valence-corrected chi connectivity index (χ0v) is 19.8. The lowest BCUT2D eigenvalue weighted by atomic mass is 9.74. The quantitative estimate of drug-likeness (QED) is 0.377. The van der Waals surface area contributed by atoms with Gasteiger partial charge in [0.2, 0.25) is 0 Å². The van der Waals surface area contributed by atoms with Crippen molar-refractivity contribution in [1.82, 2.24) is 0 Å². The van der Waals surface area contributed by atoms with Crippen molar-refractivity contribution in [2.24, 2.45) is 11.1 Å². The van der Waals surface area contributed by atoms with E-state index in [1.54, 1.807) is 72.8 Å². The highest BCUT2D eigenvalue weighted by Crippen LogP contribution is 2.51. The summed E-state index contributed by atoms with van der Waals surface area (Å²) < 4.78 is 16.6. The Balaban J connectivity index is 1.65. The molecule has 0 saturated heterocycles. The standard InChI is InChI=1S/C28H24N2O6/c1-4-16-35-18-14-12-17(13-15-18)25(31)23-24(19-8-7-11-22(33-2)26(19)34-3)30-36-28(23)20-9-5-6-10-21(20)29-27(28)32/h4-15,23H,1,16H2,2-3H3,(H,29,32)/t23-,28-/m0/s1. The number of ether oxygens (including phenoxy) is 3. The van der Waals surface area contributed by atoms with Crippen molar-refractivity contribution in [2.75, 3.05) is 26.1 Å². The third kappa shape index (κ3) is 3.50. The van der Waals surface area contributed by atoms with Gasteiger partial charge in [-0.2, -0.15) is 0 Å². The molecule has 0 aromatic heterocycles. The van der Waals surface area contributed by atoms with E-state index in [1.165, 1.54) is 14.2 Å². The molecule has 8 nitrogen and oxygen atoms in total. The van der Waals surface area contributed by atoms with E-state index >= 15 is 0 Å². The van der Waals surface area contributed by atoms with Crippen LogP contribution in [0.3, 0.4) is 0 Å². The van der Waals surface area contributed by atoms with Crippen LogP contribution in [0.15, 0.2) is 84.5 Å². The number of carbonyl (C=O) groups is 2. The Hall–Kier alpha value is -4.59. The predicted molar refractivity (Wildman–Crippen MR) is 134 cm³/mol. The van der Waals surface area contributed by atoms with E-state index in [0.717, 1.165) is 0 Å². The summed E-state index contributed by atoms with van der Waals surface area (Å²) >= 11 is 0. The van der Waals surface area contributed by atoms with Crippen LogP contribution >= 0.6 is 0 Å². The first kappa shape index (κ1) is 23.2. The molecule has 5 rings (SSSR count). The van der Waals surface area contributed by atoms with Gasteiger partial charge in [-0.1, -0.05) is 42.1 Å². The van der Waals surface area contributed by atoms with Crippen LogP contribution in [0.1, 0.15) is 21.5 Å². The van der Waals surface area contributed by atoms with Crippen LogP contribution < -0.4 is 19.5 Å². The maximum atomic E-state index is 14.2. The molecule has 2 aliphatic rings. The van der Waals surface area contributed by atoms with Gasteiger partial charge in [-0.3, -0.25) is 9.59 Å². The van der Waals surface area contributed by atoms with Gasteiger partial charge >= 0.3 is 0 Å². The molecule has 3 aromatic carbocycles. The first-order valence-corrected chi connectivity index (χ1v) is 11.3. The Morgan fingerprint density at radius 2 is 1.86 bits per heavy atom. The normalized spacial score (nSPS) is 19.7. The van der Waals surface area contributed by atoms with Crippen LogP contribution in [0.25, 0.3) is 0 Å². The zero-order chi connectivity index (χ0) is 25.3. The summed E-state index contributed by atoms with van der Waals surface area (Å²) in [4.78, 5) is 33.6. The van der Waals surface area contributed by atoms with Gasteiger partial charge in [0, 0.05) is 22.4 Å². The highest BCUT2D eigenvalue weighted by atomic mass is 16.7. The van der Waals surface area contributed by atoms with E-state index in [1.807, 2.05) is 0 Å². The number of benzene rings is 3. The fraction of sp³-hybridized carbons (Fsp3) is 0.179. The fourth-order valence-electron chi connectivity index (χ4n) is 4.69. The predicted octanol–water partition coefficient (Wildman–Crippen LogP) is 4.35. The molecular weight excluding hydrogens is 460 g/mol. The van der Waals surface area contributed by atoms with Crippen molar-refractivity contribution in [3.63, 3.8) is 0 Å². The number of para-hydroxylation sites is 2. The van der Waals surface area contributed by atoms with Crippen molar-refractivity contribution in [1.29, 1.82) is 0 Å². The van der Waals surface area contributed by atoms with Crippen molar-refractivity contribution in [2.45, 2.75) is 5.60 Å². The molecule has 0 fully saturated rings. The number of ketones is 1. The molecule has 8 heteroatoms. The molecule has 1 amide bonds. The summed E-state index contributed by atoms with van der Waals surface area (Å²) in [6.07, 6.45) is 1.64. The molecule has 0 unspecified atom stereocenters. The van der Waals surface area contributed by atoms with Crippen molar-refractivity contribution in [3.05, 3.63) is 96.1 Å². The van der Waals surface area contributed by atoms with Gasteiger partial charge in [-0.25, -0.2) is 0 Å². The zero-order valence-electron chi connectivity index (χ0n) is 19.8. The van der Waals surface area contributed by atoms with Gasteiger partial charge < -0.3 is 24.4 Å². The average Bonchev–Trinajstić information content (AvgIpc) is 3.45. The van der Waals surface area contributed by atoms with Crippen molar-refractivity contribution < 1.29 is 28.6 Å². The third-order valence-corrected chi connectivity index (χ3v) is 6.33. The van der Waals surface area contributed by atoms with E-state index in [2.05, 4.69) is 17.1 Å². The minimum atomic E-state index is -1.67. The van der Waals surface area contributed by atoms with E-state index in [9.17, 15) is 9.59 Å². The number of rotatable bonds is 8. The molecule has 182 valence electrons. The van der Waals surface area contributed by atoms with Crippen molar-refractivity contribution in [3.8, 4) is 17.2 Å². The number of oxime groups is 1. The van der Waals surface area contributed by atoms with E-state index in [0.29, 0.717) is 46.2 Å². The average molecular weight is 485 g/mol. The summed E-state index contributed by atoms with van der Waals surface area (Å²) in [5.74, 6) is -0.452. The smallest absolute Gasteiger partial charge is 0.277 e. The molecule has 1 N–H and O–H groups in total. The molecule has 2 heterocycles. The monoisotopic (exact) mass is 484 g/mol. The lowest BCUT2D eigenvalue weighted by Crippen LogP contribution is -2.46. The number of nitrogens with one attached hydrogen (secondary N) is 1. The Kier molecular flexibility index (Phi) is 5.93. The number of nitrogens with zero attached hydrogens (tertiary/aromatic N) is 1. The van der Waals surface area contributed by atoms with E-state index in [4.69, 9.17) is 19.0 Å². The largest absolute Gasteiger partial charge is 0.493 e. The molecule has 1 spiro atoms. The second-order valence-corrected chi connectivity index (χ2v) is 8.27. The van der Waals surface area contributed by atoms with Crippen LogP contribution in [0.5, 0.6) is 17.2 Å². The van der Waals surface area contributed by atoms with Crippen LogP contribution in [-0.4, -0.2) is 38.2 Å². The number of hydrogen-bond donors (Lipinski definition) is 1. The highest BCUT2D eigenvalue weighted by Gasteiger charge is 2.63. The lowest BCUT2D eigenvalue weighted by molar-refractivity contribution is -0.140. The minimum Gasteiger partial charge on any atom is -0.493 e. The molecule has 36 heavy (non-hydrogen) atoms. The Bertz CT molecular complexity index is 1380. The van der Waals surface area contributed by atoms with Gasteiger partial charge in [-0.15, -0.1) is 0 Å². The van der Waals surface area contributed by atoms with Crippen LogP contribution in [0.2, 0.25) is 0 Å². The van der Waals surface area contributed by atoms with E-state index < -0.39 is 17.4 Å².